The minimum Gasteiger partial charge on any atom is -0.348 e. The van der Waals surface area contributed by atoms with E-state index in [2.05, 4.69) is 23.8 Å². The van der Waals surface area contributed by atoms with Gasteiger partial charge in [0.1, 0.15) is 0 Å². The van der Waals surface area contributed by atoms with Gasteiger partial charge in [0, 0.05) is 27.6 Å². The summed E-state index contributed by atoms with van der Waals surface area (Å²) in [7, 11) is 0. The van der Waals surface area contributed by atoms with Crippen LogP contribution in [0.2, 0.25) is 0 Å². The molecule has 1 N–H and O–H groups in total. The molecule has 0 bridgehead atoms. The Hall–Kier alpha value is -1.09. The number of nitrogens with one attached hydrogen (secondary N) is 1. The molecule has 3 heteroatoms. The van der Waals surface area contributed by atoms with Crippen molar-refractivity contribution < 1.29 is 0 Å². The van der Waals surface area contributed by atoms with Gasteiger partial charge in [-0.15, -0.1) is 11.3 Å². The fraction of sp³-hybridized carbons (Fsp3) is 0.462. The van der Waals surface area contributed by atoms with Crippen molar-refractivity contribution >= 4 is 11.3 Å². The van der Waals surface area contributed by atoms with Gasteiger partial charge in [-0.3, -0.25) is 0 Å². The van der Waals surface area contributed by atoms with Crippen molar-refractivity contribution in [1.29, 1.82) is 0 Å². The summed E-state index contributed by atoms with van der Waals surface area (Å²) in [5.74, 6) is 0.552. The highest BCUT2D eigenvalue weighted by atomic mass is 32.1. The lowest BCUT2D eigenvalue weighted by molar-refractivity contribution is 0.606. The van der Waals surface area contributed by atoms with E-state index in [1.807, 2.05) is 17.5 Å². The van der Waals surface area contributed by atoms with Crippen molar-refractivity contribution in [3.63, 3.8) is 0 Å². The Labute approximate surface area is 99.7 Å². The summed E-state index contributed by atoms with van der Waals surface area (Å²) in [5.41, 5.74) is 4.47. The smallest absolute Gasteiger partial charge is 0.0921 e. The molecule has 1 aliphatic carbocycles. The molecule has 0 spiro atoms. The van der Waals surface area contributed by atoms with Gasteiger partial charge in [-0.25, -0.2) is 4.98 Å². The SMILES string of the molecule is Cc1sc(C)c2c1CCC[C@@H]2c1cnc[nH]1. The van der Waals surface area contributed by atoms with Crippen LogP contribution in [0.25, 0.3) is 0 Å². The van der Waals surface area contributed by atoms with Gasteiger partial charge in [0.25, 0.3) is 0 Å². The van der Waals surface area contributed by atoms with Crippen LogP contribution in [0.1, 0.15) is 45.3 Å². The summed E-state index contributed by atoms with van der Waals surface area (Å²) in [4.78, 5) is 10.4. The number of aryl methyl sites for hydroxylation is 2. The summed E-state index contributed by atoms with van der Waals surface area (Å²) in [6, 6.07) is 0. The Morgan fingerprint density at radius 3 is 3.00 bits per heavy atom. The molecule has 3 rings (SSSR count). The van der Waals surface area contributed by atoms with Crippen molar-refractivity contribution in [2.75, 3.05) is 0 Å². The van der Waals surface area contributed by atoms with Gasteiger partial charge < -0.3 is 4.98 Å². The Kier molecular flexibility index (Phi) is 2.36. The summed E-state index contributed by atoms with van der Waals surface area (Å²) < 4.78 is 0. The molecule has 0 radical (unpaired) electrons. The summed E-state index contributed by atoms with van der Waals surface area (Å²) in [6.45, 7) is 4.51. The first-order valence-electron chi connectivity index (χ1n) is 5.84. The Morgan fingerprint density at radius 1 is 1.38 bits per heavy atom. The van der Waals surface area contributed by atoms with Crippen LogP contribution in [0.5, 0.6) is 0 Å². The van der Waals surface area contributed by atoms with Crippen molar-refractivity contribution in [1.82, 2.24) is 9.97 Å². The fourth-order valence-corrected chi connectivity index (χ4v) is 4.08. The van der Waals surface area contributed by atoms with E-state index < -0.39 is 0 Å². The lowest BCUT2D eigenvalue weighted by Gasteiger charge is -2.23. The molecular formula is C13H16N2S. The molecule has 2 nitrogen and oxygen atoms in total. The molecule has 0 aliphatic heterocycles. The molecule has 2 aromatic rings. The third kappa shape index (κ3) is 1.42. The zero-order valence-corrected chi connectivity index (χ0v) is 10.5. The van der Waals surface area contributed by atoms with Crippen molar-refractivity contribution in [2.24, 2.45) is 0 Å². The van der Waals surface area contributed by atoms with Gasteiger partial charge in [0.15, 0.2) is 0 Å². The number of imidazole rings is 1. The first-order chi connectivity index (χ1) is 7.77. The highest BCUT2D eigenvalue weighted by molar-refractivity contribution is 7.12. The van der Waals surface area contributed by atoms with E-state index in [-0.39, 0.29) is 0 Å². The number of rotatable bonds is 1. The average molecular weight is 232 g/mol. The van der Waals surface area contributed by atoms with Crippen LogP contribution in [0.15, 0.2) is 12.5 Å². The largest absolute Gasteiger partial charge is 0.348 e. The maximum atomic E-state index is 4.15. The number of fused-ring (bicyclic) bond motifs is 1. The molecule has 0 aromatic carbocycles. The van der Waals surface area contributed by atoms with Crippen LogP contribution in [-0.4, -0.2) is 9.97 Å². The van der Waals surface area contributed by atoms with Crippen molar-refractivity contribution in [2.45, 2.75) is 39.0 Å². The second-order valence-electron chi connectivity index (χ2n) is 4.56. The van der Waals surface area contributed by atoms with Crippen LogP contribution in [0, 0.1) is 13.8 Å². The monoisotopic (exact) mass is 232 g/mol. The third-order valence-electron chi connectivity index (χ3n) is 3.60. The first kappa shape index (κ1) is 10.1. The third-order valence-corrected chi connectivity index (χ3v) is 4.68. The maximum absolute atomic E-state index is 4.15. The summed E-state index contributed by atoms with van der Waals surface area (Å²) in [5, 5.41) is 0. The van der Waals surface area contributed by atoms with Crippen molar-refractivity contribution in [3.05, 3.63) is 39.1 Å². The highest BCUT2D eigenvalue weighted by Crippen LogP contribution is 2.42. The van der Waals surface area contributed by atoms with Crippen LogP contribution < -0.4 is 0 Å². The number of aromatic nitrogens is 2. The number of aromatic amines is 1. The van der Waals surface area contributed by atoms with Crippen LogP contribution in [-0.2, 0) is 6.42 Å². The minimum absolute atomic E-state index is 0.552. The second kappa shape index (κ2) is 3.74. The van der Waals surface area contributed by atoms with E-state index in [0.717, 1.165) is 0 Å². The molecule has 0 fully saturated rings. The molecule has 0 saturated heterocycles. The number of hydrogen-bond acceptors (Lipinski definition) is 2. The lowest BCUT2D eigenvalue weighted by atomic mass is 9.81. The second-order valence-corrected chi connectivity index (χ2v) is 5.99. The van der Waals surface area contributed by atoms with Gasteiger partial charge in [0.2, 0.25) is 0 Å². The molecule has 16 heavy (non-hydrogen) atoms. The summed E-state index contributed by atoms with van der Waals surface area (Å²) in [6.07, 6.45) is 7.58. The predicted octanol–water partition coefficient (Wildman–Crippen LogP) is 3.56. The standard InChI is InChI=1S/C13H16N2S/c1-8-10-4-3-5-11(12-6-14-7-15-12)13(10)9(2)16-8/h6-7,11H,3-5H2,1-2H3,(H,14,15)/t11-/m1/s1. The first-order valence-corrected chi connectivity index (χ1v) is 6.66. The van der Waals surface area contributed by atoms with E-state index in [4.69, 9.17) is 0 Å². The Bertz CT molecular complexity index is 496. The quantitative estimate of drug-likeness (QED) is 0.800. The molecule has 0 saturated carbocycles. The van der Waals surface area contributed by atoms with Gasteiger partial charge in [-0.2, -0.15) is 0 Å². The van der Waals surface area contributed by atoms with E-state index >= 15 is 0 Å². The number of H-pyrrole nitrogens is 1. The lowest BCUT2D eigenvalue weighted by Crippen LogP contribution is -2.11. The molecule has 2 aromatic heterocycles. The van der Waals surface area contributed by atoms with Gasteiger partial charge in [-0.1, -0.05) is 0 Å². The van der Waals surface area contributed by atoms with E-state index in [9.17, 15) is 0 Å². The van der Waals surface area contributed by atoms with E-state index in [0.29, 0.717) is 5.92 Å². The van der Waals surface area contributed by atoms with Gasteiger partial charge in [0.05, 0.1) is 6.33 Å². The fourth-order valence-electron chi connectivity index (χ4n) is 2.91. The van der Waals surface area contributed by atoms with Crippen LogP contribution in [0.3, 0.4) is 0 Å². The molecule has 2 heterocycles. The van der Waals surface area contributed by atoms with Crippen LogP contribution in [0.4, 0.5) is 0 Å². The zero-order valence-electron chi connectivity index (χ0n) is 9.71. The van der Waals surface area contributed by atoms with Gasteiger partial charge in [-0.05, 0) is 44.2 Å². The predicted molar refractivity (Wildman–Crippen MR) is 67.2 cm³/mol. The molecule has 1 aliphatic rings. The molecule has 0 unspecified atom stereocenters. The summed E-state index contributed by atoms with van der Waals surface area (Å²) >= 11 is 1.95. The minimum atomic E-state index is 0.552. The molecule has 1 atom stereocenters. The van der Waals surface area contributed by atoms with E-state index in [1.165, 1.54) is 34.7 Å². The Balaban J connectivity index is 2.13. The molecule has 84 valence electrons. The normalized spacial score (nSPS) is 19.8. The molecular weight excluding hydrogens is 216 g/mol. The molecule has 0 amide bonds. The number of hydrogen-bond donors (Lipinski definition) is 1. The van der Waals surface area contributed by atoms with Crippen molar-refractivity contribution in [3.8, 4) is 0 Å². The highest BCUT2D eigenvalue weighted by Gasteiger charge is 2.27. The zero-order chi connectivity index (χ0) is 11.1. The van der Waals surface area contributed by atoms with E-state index in [1.54, 1.807) is 17.5 Å². The average Bonchev–Trinajstić information content (AvgIpc) is 2.88. The number of thiophene rings is 1. The topological polar surface area (TPSA) is 28.7 Å². The van der Waals surface area contributed by atoms with Crippen LogP contribution >= 0.6 is 11.3 Å². The maximum Gasteiger partial charge on any atom is 0.0921 e. The van der Waals surface area contributed by atoms with Gasteiger partial charge >= 0.3 is 0 Å². The number of nitrogens with zero attached hydrogens (tertiary/aromatic N) is 1. The Morgan fingerprint density at radius 2 is 2.25 bits per heavy atom.